The van der Waals surface area contributed by atoms with Gasteiger partial charge in [-0.15, -0.1) is 0 Å². The van der Waals surface area contributed by atoms with Crippen molar-refractivity contribution in [1.82, 2.24) is 0 Å². The van der Waals surface area contributed by atoms with Gasteiger partial charge in [-0.2, -0.15) is 70.2 Å². The first-order valence-electron chi connectivity index (χ1n) is 17.0. The Morgan fingerprint density at radius 1 is 0.361 bits per heavy atom. The topological polar surface area (TPSA) is 36.9 Å². The average Bonchev–Trinajstić information content (AvgIpc) is 3.17. The van der Waals surface area contributed by atoms with Crippen LogP contribution in [0.5, 0.6) is 23.0 Å². The maximum absolute atomic E-state index is 14.4. The first-order valence-corrected chi connectivity index (χ1v) is 17.0. The molecule has 22 heteroatoms. The number of benzene rings is 4. The molecule has 2 aliphatic rings. The molecule has 0 spiro atoms. The minimum Gasteiger partial charge on any atom is -0.497 e. The number of rotatable bonds is 9. The predicted molar refractivity (Wildman–Crippen MR) is 179 cm³/mol. The van der Waals surface area contributed by atoms with E-state index in [1.54, 1.807) is 0 Å². The van der Waals surface area contributed by atoms with Crippen LogP contribution in [0.1, 0.15) is 25.0 Å². The zero-order chi connectivity index (χ0) is 46.3. The van der Waals surface area contributed by atoms with Crippen molar-refractivity contribution in [3.63, 3.8) is 0 Å². The molecule has 4 aromatic rings. The number of methoxy groups -OCH3 is 2. The quantitative estimate of drug-likeness (QED) is 0.157. The molecule has 0 aliphatic heterocycles. The summed E-state index contributed by atoms with van der Waals surface area (Å²) in [4.78, 5) is 0. The predicted octanol–water partition coefficient (Wildman–Crippen LogP) is 12.6. The molecular formula is C39H28F18O4. The maximum Gasteiger partial charge on any atom is 0.411 e. The van der Waals surface area contributed by atoms with Crippen LogP contribution in [0.3, 0.4) is 0 Å². The van der Waals surface area contributed by atoms with E-state index >= 15 is 0 Å². The Kier molecular flexibility index (Phi) is 11.1. The van der Waals surface area contributed by atoms with Gasteiger partial charge in [0.05, 0.1) is 14.2 Å². The number of alkyl halides is 18. The molecule has 0 aromatic heterocycles. The summed E-state index contributed by atoms with van der Waals surface area (Å²) < 4.78 is 265. The van der Waals surface area contributed by atoms with Crippen molar-refractivity contribution in [2.45, 2.75) is 78.4 Å². The van der Waals surface area contributed by atoms with Gasteiger partial charge in [-0.25, -0.2) is 8.78 Å². The van der Waals surface area contributed by atoms with E-state index in [1.165, 1.54) is 14.2 Å². The molecule has 4 nitrogen and oxygen atoms in total. The van der Waals surface area contributed by atoms with Gasteiger partial charge in [0.25, 0.3) is 11.3 Å². The molecule has 4 unspecified atom stereocenters. The molecule has 61 heavy (non-hydrogen) atoms. The van der Waals surface area contributed by atoms with Gasteiger partial charge in [0.15, 0.2) is 0 Å². The van der Waals surface area contributed by atoms with Crippen LogP contribution < -0.4 is 18.9 Å². The largest absolute Gasteiger partial charge is 0.497 e. The number of halogens is 18. The Morgan fingerprint density at radius 2 is 0.607 bits per heavy atom. The summed E-state index contributed by atoms with van der Waals surface area (Å²) in [6, 6.07) is 15.0. The van der Waals surface area contributed by atoms with Crippen molar-refractivity contribution in [1.29, 1.82) is 0 Å². The standard InChI is InChI=1S/C22H14F12O2.C17H14F6O2/c1-15(23)17(25,26)19(29,30)21(15,33)35-13-7-3-11(4-8-13)12-5-9-14(10-6-12)36-22(34)16(2,24)18(27,28)20(22,31)32;1-24-13-7-3-11(4-8-13)15(16(18,19)20,17(21,22)23)12-5-9-14(25-2)10-6-12/h3-10H,1-2H3;3-10H,1-2H3. The fourth-order valence-electron chi connectivity index (χ4n) is 6.60. The Morgan fingerprint density at radius 3 is 0.820 bits per heavy atom. The van der Waals surface area contributed by atoms with E-state index in [1.807, 2.05) is 0 Å². The Hall–Kier alpha value is -5.18. The molecule has 0 saturated heterocycles. The molecule has 0 amide bonds. The smallest absolute Gasteiger partial charge is 0.411 e. The van der Waals surface area contributed by atoms with Crippen LogP contribution in [0.15, 0.2) is 97.1 Å². The monoisotopic (exact) mass is 902 g/mol. The van der Waals surface area contributed by atoms with Crippen LogP contribution in [0, 0.1) is 0 Å². The van der Waals surface area contributed by atoms with Gasteiger partial charge in [-0.1, -0.05) is 48.5 Å². The summed E-state index contributed by atoms with van der Waals surface area (Å²) in [6.07, 6.45) is -11.2. The maximum atomic E-state index is 14.4. The summed E-state index contributed by atoms with van der Waals surface area (Å²) in [5.74, 6) is -32.1. The summed E-state index contributed by atoms with van der Waals surface area (Å²) in [6.45, 7) is -0.147. The first kappa shape index (κ1) is 46.9. The second kappa shape index (κ2) is 14.5. The van der Waals surface area contributed by atoms with E-state index in [4.69, 9.17) is 9.47 Å². The molecular weight excluding hydrogens is 874 g/mol. The Bertz CT molecular complexity index is 1990. The number of hydrogen-bond acceptors (Lipinski definition) is 4. The second-order valence-electron chi connectivity index (χ2n) is 13.9. The summed E-state index contributed by atoms with van der Waals surface area (Å²) in [5, 5.41) is 0. The van der Waals surface area contributed by atoms with Crippen LogP contribution >= 0.6 is 0 Å². The van der Waals surface area contributed by atoms with Crippen LogP contribution in [0.2, 0.25) is 0 Å². The van der Waals surface area contributed by atoms with E-state index in [2.05, 4.69) is 9.47 Å². The third-order valence-electron chi connectivity index (χ3n) is 10.4. The average molecular weight is 903 g/mol. The minimum absolute atomic E-state index is 0.0734. The van der Waals surface area contributed by atoms with Gasteiger partial charge in [-0.3, -0.25) is 0 Å². The van der Waals surface area contributed by atoms with Crippen molar-refractivity contribution >= 4 is 0 Å². The lowest BCUT2D eigenvalue weighted by Gasteiger charge is -2.55. The van der Waals surface area contributed by atoms with Gasteiger partial charge in [-0.05, 0) is 84.6 Å². The van der Waals surface area contributed by atoms with E-state index in [-0.39, 0.29) is 36.5 Å². The van der Waals surface area contributed by atoms with Crippen molar-refractivity contribution < 1.29 is 98.0 Å². The highest BCUT2D eigenvalue weighted by atomic mass is 19.4. The molecule has 0 heterocycles. The lowest BCUT2D eigenvalue weighted by atomic mass is 9.69. The summed E-state index contributed by atoms with van der Waals surface area (Å²) >= 11 is 0. The molecule has 2 aliphatic carbocycles. The fraction of sp³-hybridized carbons (Fsp3) is 0.385. The van der Waals surface area contributed by atoms with Crippen LogP contribution in [-0.4, -0.2) is 73.3 Å². The fourth-order valence-corrected chi connectivity index (χ4v) is 6.60. The van der Waals surface area contributed by atoms with Gasteiger partial charge >= 0.3 is 47.8 Å². The highest BCUT2D eigenvalue weighted by Crippen LogP contribution is 2.69. The van der Waals surface area contributed by atoms with E-state index in [9.17, 15) is 79.0 Å². The minimum atomic E-state index is -5.62. The van der Waals surface area contributed by atoms with Crippen LogP contribution in [0.4, 0.5) is 79.0 Å². The third kappa shape index (κ3) is 6.38. The molecule has 6 rings (SSSR count). The van der Waals surface area contributed by atoms with E-state index in [0.717, 1.165) is 97.1 Å². The molecule has 2 fully saturated rings. The molecule has 2 saturated carbocycles. The van der Waals surface area contributed by atoms with Crippen LogP contribution in [0.25, 0.3) is 11.1 Å². The molecule has 0 radical (unpaired) electrons. The summed E-state index contributed by atoms with van der Waals surface area (Å²) in [7, 11) is 2.53. The van der Waals surface area contributed by atoms with E-state index < -0.39 is 87.1 Å². The van der Waals surface area contributed by atoms with Crippen LogP contribution in [-0.2, 0) is 5.41 Å². The van der Waals surface area contributed by atoms with Crippen molar-refractivity contribution in [3.05, 3.63) is 108 Å². The van der Waals surface area contributed by atoms with Crippen molar-refractivity contribution in [2.24, 2.45) is 0 Å². The van der Waals surface area contributed by atoms with Gasteiger partial charge < -0.3 is 18.9 Å². The lowest BCUT2D eigenvalue weighted by molar-refractivity contribution is -0.480. The number of ether oxygens (including phenoxy) is 4. The number of hydrogen-bond donors (Lipinski definition) is 0. The van der Waals surface area contributed by atoms with Gasteiger partial charge in [0.1, 0.15) is 23.0 Å². The third-order valence-corrected chi connectivity index (χ3v) is 10.4. The summed E-state index contributed by atoms with van der Waals surface area (Å²) in [5.41, 5.74) is -14.4. The zero-order valence-electron chi connectivity index (χ0n) is 31.2. The van der Waals surface area contributed by atoms with Gasteiger partial charge in [0.2, 0.25) is 5.41 Å². The molecule has 4 aromatic carbocycles. The normalized spacial score (nSPS) is 27.3. The molecule has 0 bridgehead atoms. The highest BCUT2D eigenvalue weighted by Gasteiger charge is 2.99. The second-order valence-corrected chi connectivity index (χ2v) is 13.9. The Labute approximate surface area is 333 Å². The zero-order valence-corrected chi connectivity index (χ0v) is 31.2. The van der Waals surface area contributed by atoms with Crippen molar-refractivity contribution in [3.8, 4) is 34.1 Å². The van der Waals surface area contributed by atoms with Crippen molar-refractivity contribution in [2.75, 3.05) is 14.2 Å². The SMILES string of the molecule is CC1(F)C(F)(F)C(F)(F)C1(F)Oc1ccc(-c2ccc(OC3(F)C(C)(F)C(F)(F)C3(F)F)cc2)cc1.COc1ccc(C(c2ccc(OC)cc2)(C(F)(F)F)C(F)(F)F)cc1. The first-order chi connectivity index (χ1) is 27.7. The molecule has 334 valence electrons. The van der Waals surface area contributed by atoms with Gasteiger partial charge in [0, 0.05) is 0 Å². The lowest BCUT2D eigenvalue weighted by Crippen LogP contribution is -2.86. The molecule has 4 atom stereocenters. The highest BCUT2D eigenvalue weighted by molar-refractivity contribution is 5.65. The molecule has 0 N–H and O–H groups in total. The van der Waals surface area contributed by atoms with E-state index in [0.29, 0.717) is 0 Å². The Balaban J connectivity index is 0.000000247.